The van der Waals surface area contributed by atoms with Gasteiger partial charge >= 0.3 is 0 Å². The highest BCUT2D eigenvalue weighted by atomic mass is 32.2. The fourth-order valence-corrected chi connectivity index (χ4v) is 2.80. The molecule has 6 heteroatoms. The van der Waals surface area contributed by atoms with Gasteiger partial charge < -0.3 is 11.1 Å². The van der Waals surface area contributed by atoms with Gasteiger partial charge in [0.05, 0.1) is 5.75 Å². The van der Waals surface area contributed by atoms with E-state index in [-0.39, 0.29) is 30.0 Å². The van der Waals surface area contributed by atoms with Gasteiger partial charge in [0.1, 0.15) is 9.84 Å². The predicted octanol–water partition coefficient (Wildman–Crippen LogP) is -0.0877. The Labute approximate surface area is 103 Å². The maximum atomic E-state index is 11.9. The van der Waals surface area contributed by atoms with E-state index in [9.17, 15) is 13.2 Å². The van der Waals surface area contributed by atoms with E-state index < -0.39 is 9.84 Å². The summed E-state index contributed by atoms with van der Waals surface area (Å²) in [5, 5.41) is 2.70. The second-order valence-electron chi connectivity index (χ2n) is 4.81. The molecule has 0 heterocycles. The van der Waals surface area contributed by atoms with Crippen LogP contribution in [0.4, 0.5) is 0 Å². The van der Waals surface area contributed by atoms with Crippen molar-refractivity contribution in [3.63, 3.8) is 0 Å². The summed E-state index contributed by atoms with van der Waals surface area (Å²) < 4.78 is 21.9. The average Bonchev–Trinajstić information content (AvgIpc) is 2.27. The van der Waals surface area contributed by atoms with Crippen molar-refractivity contribution in [2.24, 2.45) is 17.6 Å². The maximum absolute atomic E-state index is 11.9. The molecule has 0 saturated heterocycles. The van der Waals surface area contributed by atoms with Crippen molar-refractivity contribution in [3.05, 3.63) is 0 Å². The summed E-state index contributed by atoms with van der Waals surface area (Å²) >= 11 is 0. The van der Waals surface area contributed by atoms with Crippen LogP contribution in [0, 0.1) is 11.8 Å². The van der Waals surface area contributed by atoms with Gasteiger partial charge in [0, 0.05) is 18.7 Å². The van der Waals surface area contributed by atoms with Crippen LogP contribution in [0.25, 0.3) is 0 Å². The minimum absolute atomic E-state index is 0.00124. The summed E-state index contributed by atoms with van der Waals surface area (Å²) in [6.45, 7) is 0.732. The standard InChI is InChI=1S/C11H22N2O3S/c1-17(15,16)7-6-13-11(14)10-5-3-2-4-9(10)8-12/h9-10H,2-8,12H2,1H3,(H,13,14). The fraction of sp³-hybridized carbons (Fsp3) is 0.909. The van der Waals surface area contributed by atoms with Crippen LogP contribution >= 0.6 is 0 Å². The molecule has 0 aromatic carbocycles. The highest BCUT2D eigenvalue weighted by Gasteiger charge is 2.29. The topological polar surface area (TPSA) is 89.3 Å². The summed E-state index contributed by atoms with van der Waals surface area (Å²) in [6, 6.07) is 0. The summed E-state index contributed by atoms with van der Waals surface area (Å²) in [6.07, 6.45) is 5.23. The molecule has 1 amide bonds. The van der Waals surface area contributed by atoms with E-state index in [0.29, 0.717) is 6.54 Å². The third-order valence-corrected chi connectivity index (χ3v) is 4.27. The number of rotatable bonds is 5. The molecule has 5 nitrogen and oxygen atoms in total. The molecule has 1 saturated carbocycles. The van der Waals surface area contributed by atoms with Gasteiger partial charge in [-0.25, -0.2) is 8.42 Å². The Kier molecular flexibility index (Phi) is 5.39. The Morgan fingerprint density at radius 2 is 2.00 bits per heavy atom. The Hall–Kier alpha value is -0.620. The monoisotopic (exact) mass is 262 g/mol. The van der Waals surface area contributed by atoms with Gasteiger partial charge in [0.15, 0.2) is 0 Å². The summed E-state index contributed by atoms with van der Waals surface area (Å²) in [4.78, 5) is 11.9. The van der Waals surface area contributed by atoms with Crippen LogP contribution in [-0.2, 0) is 14.6 Å². The van der Waals surface area contributed by atoms with Crippen LogP contribution < -0.4 is 11.1 Å². The van der Waals surface area contributed by atoms with Crippen molar-refractivity contribution in [2.75, 3.05) is 25.1 Å². The van der Waals surface area contributed by atoms with Crippen LogP contribution in [0.3, 0.4) is 0 Å². The van der Waals surface area contributed by atoms with E-state index in [0.717, 1.165) is 25.7 Å². The first kappa shape index (κ1) is 14.4. The Bertz CT molecular complexity index is 354. The van der Waals surface area contributed by atoms with Gasteiger partial charge in [-0.2, -0.15) is 0 Å². The number of carbonyl (C=O) groups excluding carboxylic acids is 1. The van der Waals surface area contributed by atoms with Crippen molar-refractivity contribution in [2.45, 2.75) is 25.7 Å². The second kappa shape index (κ2) is 6.35. The lowest BCUT2D eigenvalue weighted by molar-refractivity contribution is -0.127. The van der Waals surface area contributed by atoms with E-state index in [1.807, 2.05) is 0 Å². The molecule has 1 rings (SSSR count). The lowest BCUT2D eigenvalue weighted by Crippen LogP contribution is -2.40. The summed E-state index contributed by atoms with van der Waals surface area (Å²) in [5.74, 6) is 0.178. The molecule has 3 N–H and O–H groups in total. The molecule has 17 heavy (non-hydrogen) atoms. The van der Waals surface area contributed by atoms with Crippen LogP contribution in [-0.4, -0.2) is 39.4 Å². The van der Waals surface area contributed by atoms with Gasteiger partial charge in [0.25, 0.3) is 0 Å². The van der Waals surface area contributed by atoms with Crippen LogP contribution in [0.15, 0.2) is 0 Å². The normalized spacial score (nSPS) is 25.5. The number of nitrogens with one attached hydrogen (secondary N) is 1. The molecule has 2 unspecified atom stereocenters. The molecular formula is C11H22N2O3S. The van der Waals surface area contributed by atoms with Crippen molar-refractivity contribution < 1.29 is 13.2 Å². The molecule has 100 valence electrons. The van der Waals surface area contributed by atoms with Gasteiger partial charge in [-0.3, -0.25) is 4.79 Å². The smallest absolute Gasteiger partial charge is 0.223 e. The third kappa shape index (κ3) is 5.04. The number of nitrogens with two attached hydrogens (primary N) is 1. The zero-order valence-corrected chi connectivity index (χ0v) is 11.1. The number of hydrogen-bond donors (Lipinski definition) is 2. The molecule has 1 aliphatic carbocycles. The zero-order chi connectivity index (χ0) is 12.9. The van der Waals surface area contributed by atoms with Crippen molar-refractivity contribution in [1.29, 1.82) is 0 Å². The number of sulfone groups is 1. The molecule has 0 spiro atoms. The van der Waals surface area contributed by atoms with E-state index >= 15 is 0 Å². The third-order valence-electron chi connectivity index (χ3n) is 3.32. The fourth-order valence-electron chi connectivity index (χ4n) is 2.33. The Balaban J connectivity index is 2.40. The SMILES string of the molecule is CS(=O)(=O)CCNC(=O)C1CCCCC1CN. The van der Waals surface area contributed by atoms with Crippen LogP contribution in [0.1, 0.15) is 25.7 Å². The first-order valence-corrected chi connectivity index (χ1v) is 8.15. The minimum Gasteiger partial charge on any atom is -0.355 e. The lowest BCUT2D eigenvalue weighted by Gasteiger charge is -2.29. The molecular weight excluding hydrogens is 240 g/mol. The highest BCUT2D eigenvalue weighted by Crippen LogP contribution is 2.29. The molecule has 0 aliphatic heterocycles. The first-order valence-electron chi connectivity index (χ1n) is 6.09. The van der Waals surface area contributed by atoms with Gasteiger partial charge in [-0.05, 0) is 25.3 Å². The van der Waals surface area contributed by atoms with Crippen molar-refractivity contribution in [3.8, 4) is 0 Å². The molecule has 0 bridgehead atoms. The Morgan fingerprint density at radius 1 is 1.35 bits per heavy atom. The van der Waals surface area contributed by atoms with Crippen molar-refractivity contribution in [1.82, 2.24) is 5.32 Å². The zero-order valence-electron chi connectivity index (χ0n) is 10.3. The largest absolute Gasteiger partial charge is 0.355 e. The predicted molar refractivity (Wildman–Crippen MR) is 67.2 cm³/mol. The quantitative estimate of drug-likeness (QED) is 0.725. The number of amides is 1. The van der Waals surface area contributed by atoms with Gasteiger partial charge in [-0.1, -0.05) is 12.8 Å². The molecule has 0 aromatic rings. The highest BCUT2D eigenvalue weighted by molar-refractivity contribution is 7.90. The van der Waals surface area contributed by atoms with E-state index in [4.69, 9.17) is 5.73 Å². The lowest BCUT2D eigenvalue weighted by atomic mass is 9.79. The van der Waals surface area contributed by atoms with E-state index in [2.05, 4.69) is 5.32 Å². The number of hydrogen-bond acceptors (Lipinski definition) is 4. The van der Waals surface area contributed by atoms with E-state index in [1.165, 1.54) is 6.26 Å². The van der Waals surface area contributed by atoms with Crippen LogP contribution in [0.5, 0.6) is 0 Å². The van der Waals surface area contributed by atoms with E-state index in [1.54, 1.807) is 0 Å². The number of carbonyl (C=O) groups is 1. The molecule has 0 radical (unpaired) electrons. The van der Waals surface area contributed by atoms with Crippen LogP contribution in [0.2, 0.25) is 0 Å². The van der Waals surface area contributed by atoms with Crippen molar-refractivity contribution >= 4 is 15.7 Å². The first-order chi connectivity index (χ1) is 7.94. The molecule has 1 aliphatic rings. The average molecular weight is 262 g/mol. The molecule has 2 atom stereocenters. The van der Waals surface area contributed by atoms with Gasteiger partial charge in [-0.15, -0.1) is 0 Å². The van der Waals surface area contributed by atoms with Gasteiger partial charge in [0.2, 0.25) is 5.91 Å². The molecule has 1 fully saturated rings. The summed E-state index contributed by atoms with van der Waals surface area (Å²) in [7, 11) is -3.01. The maximum Gasteiger partial charge on any atom is 0.223 e. The summed E-state index contributed by atoms with van der Waals surface area (Å²) in [5.41, 5.74) is 5.65. The minimum atomic E-state index is -3.01. The second-order valence-corrected chi connectivity index (χ2v) is 7.07. The molecule has 0 aromatic heterocycles. The Morgan fingerprint density at radius 3 is 2.59 bits per heavy atom.